The molecule has 164 valence electrons. The van der Waals surface area contributed by atoms with Gasteiger partial charge in [-0.05, 0) is 36.2 Å². The quantitative estimate of drug-likeness (QED) is 0.538. The number of hydrogen-bond acceptors (Lipinski definition) is 7. The first-order valence-corrected chi connectivity index (χ1v) is 10.7. The van der Waals surface area contributed by atoms with E-state index in [1.54, 1.807) is 6.07 Å². The Bertz CT molecular complexity index is 1060. The number of benzene rings is 2. The molecule has 1 saturated heterocycles. The summed E-state index contributed by atoms with van der Waals surface area (Å²) in [5.41, 5.74) is 1.47. The number of rotatable bonds is 8. The molecule has 7 heteroatoms. The van der Waals surface area contributed by atoms with Gasteiger partial charge in [0, 0.05) is 45.3 Å². The number of hydrogen-bond donors (Lipinski definition) is 2. The van der Waals surface area contributed by atoms with Gasteiger partial charge in [-0.1, -0.05) is 12.1 Å². The van der Waals surface area contributed by atoms with Crippen molar-refractivity contribution in [3.05, 3.63) is 59.0 Å². The Morgan fingerprint density at radius 1 is 0.968 bits per heavy atom. The van der Waals surface area contributed by atoms with E-state index in [2.05, 4.69) is 9.80 Å². The summed E-state index contributed by atoms with van der Waals surface area (Å²) >= 11 is 0. The Balaban J connectivity index is 1.29. The van der Waals surface area contributed by atoms with E-state index in [1.807, 2.05) is 24.3 Å². The summed E-state index contributed by atoms with van der Waals surface area (Å²) < 4.78 is 11.4. The van der Waals surface area contributed by atoms with Gasteiger partial charge in [-0.25, -0.2) is 0 Å². The lowest BCUT2D eigenvalue weighted by atomic mass is 10.1. The topological polar surface area (TPSA) is 86.4 Å². The van der Waals surface area contributed by atoms with Crippen LogP contribution in [0, 0.1) is 0 Å². The molecule has 0 unspecified atom stereocenters. The van der Waals surface area contributed by atoms with Crippen LogP contribution in [0.3, 0.4) is 0 Å². The van der Waals surface area contributed by atoms with Gasteiger partial charge < -0.3 is 24.3 Å². The van der Waals surface area contributed by atoms with Crippen molar-refractivity contribution in [1.29, 1.82) is 0 Å². The molecule has 0 aliphatic carbocycles. The second-order valence-corrected chi connectivity index (χ2v) is 7.79. The molecule has 2 aromatic carbocycles. The van der Waals surface area contributed by atoms with Crippen LogP contribution in [0.2, 0.25) is 0 Å². The molecule has 2 heterocycles. The van der Waals surface area contributed by atoms with Gasteiger partial charge in [0.2, 0.25) is 0 Å². The molecule has 0 spiro atoms. The van der Waals surface area contributed by atoms with E-state index < -0.39 is 0 Å². The minimum absolute atomic E-state index is 0.0638. The predicted molar refractivity (Wildman–Crippen MR) is 120 cm³/mol. The molecule has 1 aliphatic rings. The minimum Gasteiger partial charge on any atom is -0.508 e. The second kappa shape index (κ2) is 9.96. The van der Waals surface area contributed by atoms with Crippen LogP contribution in [0.1, 0.15) is 6.42 Å². The summed E-state index contributed by atoms with van der Waals surface area (Å²) in [6.45, 7) is 6.70. The van der Waals surface area contributed by atoms with Crippen LogP contribution in [-0.4, -0.2) is 72.5 Å². The fourth-order valence-electron chi connectivity index (χ4n) is 3.90. The highest BCUT2D eigenvalue weighted by molar-refractivity contribution is 5.82. The zero-order valence-electron chi connectivity index (χ0n) is 17.5. The fourth-order valence-corrected chi connectivity index (χ4v) is 3.90. The maximum atomic E-state index is 12.8. The summed E-state index contributed by atoms with van der Waals surface area (Å²) in [6.07, 6.45) is 2.38. The number of aliphatic hydroxyl groups is 1. The first-order chi connectivity index (χ1) is 15.1. The van der Waals surface area contributed by atoms with E-state index >= 15 is 0 Å². The van der Waals surface area contributed by atoms with Crippen molar-refractivity contribution in [2.75, 3.05) is 52.5 Å². The standard InChI is InChI=1S/C24H28N2O5/c27-14-13-26-11-9-25(10-12-26)8-1-15-30-20-5-2-18(3-6-20)22-17-31-23-16-19(28)4-7-21(23)24(22)29/h2-7,16-17,27-28H,1,8-15H2. The number of piperazine rings is 1. The maximum Gasteiger partial charge on any atom is 0.200 e. The molecule has 0 radical (unpaired) electrons. The molecule has 1 fully saturated rings. The molecule has 3 aromatic rings. The molecule has 1 aliphatic heterocycles. The Hall–Kier alpha value is -2.87. The van der Waals surface area contributed by atoms with E-state index in [1.165, 1.54) is 18.4 Å². The van der Waals surface area contributed by atoms with Gasteiger partial charge in [-0.3, -0.25) is 9.69 Å². The van der Waals surface area contributed by atoms with Crippen molar-refractivity contribution in [3.63, 3.8) is 0 Å². The monoisotopic (exact) mass is 424 g/mol. The molecular weight excluding hydrogens is 396 g/mol. The van der Waals surface area contributed by atoms with Crippen LogP contribution in [0.4, 0.5) is 0 Å². The summed E-state index contributed by atoms with van der Waals surface area (Å²) in [4.78, 5) is 17.5. The Morgan fingerprint density at radius 2 is 1.68 bits per heavy atom. The molecule has 0 atom stereocenters. The third-order valence-corrected chi connectivity index (χ3v) is 5.69. The summed E-state index contributed by atoms with van der Waals surface area (Å²) in [6, 6.07) is 11.9. The lowest BCUT2D eigenvalue weighted by molar-refractivity contribution is 0.108. The lowest BCUT2D eigenvalue weighted by Gasteiger charge is -2.34. The van der Waals surface area contributed by atoms with Gasteiger partial charge >= 0.3 is 0 Å². The van der Waals surface area contributed by atoms with Crippen molar-refractivity contribution in [1.82, 2.24) is 9.80 Å². The zero-order chi connectivity index (χ0) is 21.6. The van der Waals surface area contributed by atoms with Gasteiger partial charge in [0.25, 0.3) is 0 Å². The molecule has 0 bridgehead atoms. The van der Waals surface area contributed by atoms with E-state index in [0.717, 1.165) is 57.0 Å². The smallest absolute Gasteiger partial charge is 0.200 e. The van der Waals surface area contributed by atoms with Crippen molar-refractivity contribution < 1.29 is 19.4 Å². The SMILES string of the molecule is O=c1c(-c2ccc(OCCCN3CCN(CCO)CC3)cc2)coc2cc(O)ccc12. The van der Waals surface area contributed by atoms with Gasteiger partial charge in [0.15, 0.2) is 5.43 Å². The molecular formula is C24H28N2O5. The number of nitrogens with zero attached hydrogens (tertiary/aromatic N) is 2. The molecule has 4 rings (SSSR count). The number of aromatic hydroxyl groups is 1. The number of β-amino-alcohol motifs (C(OH)–C–C–N with tert-alkyl or cyclic N) is 1. The highest BCUT2D eigenvalue weighted by Gasteiger charge is 2.15. The Kier molecular flexibility index (Phi) is 6.86. The van der Waals surface area contributed by atoms with Crippen LogP contribution < -0.4 is 10.2 Å². The summed E-state index contributed by atoms with van der Waals surface area (Å²) in [7, 11) is 0. The van der Waals surface area contributed by atoms with Gasteiger partial charge in [0.1, 0.15) is 23.3 Å². The highest BCUT2D eigenvalue weighted by atomic mass is 16.5. The minimum atomic E-state index is -0.131. The number of phenolic OH excluding ortho intramolecular Hbond substituents is 1. The van der Waals surface area contributed by atoms with Crippen LogP contribution >= 0.6 is 0 Å². The summed E-state index contributed by atoms with van der Waals surface area (Å²) in [5.74, 6) is 0.834. The zero-order valence-corrected chi connectivity index (χ0v) is 17.5. The third kappa shape index (κ3) is 5.25. The van der Waals surface area contributed by atoms with E-state index in [4.69, 9.17) is 14.3 Å². The molecule has 1 aromatic heterocycles. The van der Waals surface area contributed by atoms with Crippen molar-refractivity contribution >= 4 is 11.0 Å². The first-order valence-electron chi connectivity index (χ1n) is 10.7. The van der Waals surface area contributed by atoms with E-state index in [9.17, 15) is 9.90 Å². The van der Waals surface area contributed by atoms with E-state index in [-0.39, 0.29) is 17.8 Å². The van der Waals surface area contributed by atoms with Crippen LogP contribution in [0.5, 0.6) is 11.5 Å². The van der Waals surface area contributed by atoms with Crippen LogP contribution in [0.25, 0.3) is 22.1 Å². The molecule has 0 saturated carbocycles. The molecule has 31 heavy (non-hydrogen) atoms. The third-order valence-electron chi connectivity index (χ3n) is 5.69. The number of aliphatic hydroxyl groups excluding tert-OH is 1. The average molecular weight is 424 g/mol. The fraction of sp³-hybridized carbons (Fsp3) is 0.375. The normalized spacial score (nSPS) is 15.4. The Labute approximate surface area is 181 Å². The maximum absolute atomic E-state index is 12.8. The first kappa shape index (κ1) is 21.4. The van der Waals surface area contributed by atoms with Crippen LogP contribution in [0.15, 0.2) is 57.9 Å². The molecule has 0 amide bonds. The van der Waals surface area contributed by atoms with Crippen molar-refractivity contribution in [2.45, 2.75) is 6.42 Å². The number of fused-ring (bicyclic) bond motifs is 1. The largest absolute Gasteiger partial charge is 0.508 e. The molecule has 2 N–H and O–H groups in total. The van der Waals surface area contributed by atoms with E-state index in [0.29, 0.717) is 23.1 Å². The number of phenols is 1. The lowest BCUT2D eigenvalue weighted by Crippen LogP contribution is -2.47. The summed E-state index contributed by atoms with van der Waals surface area (Å²) in [5, 5.41) is 19.0. The predicted octanol–water partition coefficient (Wildman–Crippen LogP) is 2.54. The van der Waals surface area contributed by atoms with Crippen LogP contribution in [-0.2, 0) is 0 Å². The van der Waals surface area contributed by atoms with Crippen molar-refractivity contribution in [3.8, 4) is 22.6 Å². The van der Waals surface area contributed by atoms with Crippen molar-refractivity contribution in [2.24, 2.45) is 0 Å². The van der Waals surface area contributed by atoms with Gasteiger partial charge in [-0.15, -0.1) is 0 Å². The second-order valence-electron chi connectivity index (χ2n) is 7.79. The highest BCUT2D eigenvalue weighted by Crippen LogP contribution is 2.24. The number of ether oxygens (including phenoxy) is 1. The average Bonchev–Trinajstić information content (AvgIpc) is 2.79. The van der Waals surface area contributed by atoms with Gasteiger partial charge in [-0.2, -0.15) is 0 Å². The molecule has 7 nitrogen and oxygen atoms in total. The van der Waals surface area contributed by atoms with Gasteiger partial charge in [0.05, 0.1) is 24.2 Å². The Morgan fingerprint density at radius 3 is 2.39 bits per heavy atom.